The van der Waals surface area contributed by atoms with Crippen LogP contribution in [0.3, 0.4) is 0 Å². The second kappa shape index (κ2) is 9.84. The molecule has 1 amide bonds. The second-order valence-electron chi connectivity index (χ2n) is 8.48. The zero-order valence-electron chi connectivity index (χ0n) is 20.1. The first-order valence-electron chi connectivity index (χ1n) is 11.3. The summed E-state index contributed by atoms with van der Waals surface area (Å²) in [6.45, 7) is 0. The minimum Gasteiger partial charge on any atom is -0.306 e. The number of carbonyl (C=O) groups excluding carboxylic acids is 1. The van der Waals surface area contributed by atoms with E-state index in [0.717, 1.165) is 12.1 Å². The lowest BCUT2D eigenvalue weighted by Gasteiger charge is -2.15. The minimum absolute atomic E-state index is 0.0607. The van der Waals surface area contributed by atoms with Crippen molar-refractivity contribution in [1.29, 1.82) is 0 Å². The monoisotopic (exact) mass is 543 g/mol. The minimum atomic E-state index is -4.70. The average Bonchev–Trinajstić information content (AvgIpc) is 3.59. The molecule has 2 aromatic carbocycles. The number of hydrogen-bond acceptors (Lipinski definition) is 7. The van der Waals surface area contributed by atoms with Crippen LogP contribution in [-0.2, 0) is 19.6 Å². The van der Waals surface area contributed by atoms with Gasteiger partial charge in [-0.15, -0.1) is 10.2 Å². The highest BCUT2D eigenvalue weighted by Gasteiger charge is 2.36. The van der Waals surface area contributed by atoms with Crippen LogP contribution in [0.25, 0.3) is 16.9 Å². The molecule has 5 rings (SSSR count). The molecule has 196 valence electrons. The molecule has 1 aliphatic rings. The van der Waals surface area contributed by atoms with Crippen molar-refractivity contribution < 1.29 is 18.0 Å². The SMILES string of the molecule is CN1NN=C(Cc2cc(NC(=O)c3cc(-c4ccn(C)n4)c(C(F)(F)F)cc3Cl)n(-c3ccccc3)n2)N1. The van der Waals surface area contributed by atoms with Gasteiger partial charge in [0.1, 0.15) is 11.7 Å². The Morgan fingerprint density at radius 1 is 1.08 bits per heavy atom. The summed E-state index contributed by atoms with van der Waals surface area (Å²) < 4.78 is 44.3. The highest BCUT2D eigenvalue weighted by molar-refractivity contribution is 6.34. The Kier molecular flexibility index (Phi) is 6.55. The number of benzene rings is 2. The third-order valence-corrected chi connectivity index (χ3v) is 5.94. The van der Waals surface area contributed by atoms with E-state index in [9.17, 15) is 18.0 Å². The summed E-state index contributed by atoms with van der Waals surface area (Å²) in [6.07, 6.45) is -2.86. The molecule has 3 heterocycles. The zero-order chi connectivity index (χ0) is 27.0. The summed E-state index contributed by atoms with van der Waals surface area (Å²) in [5, 5.41) is 16.8. The predicted octanol–water partition coefficient (Wildman–Crippen LogP) is 4.01. The highest BCUT2D eigenvalue weighted by atomic mass is 35.5. The number of para-hydroxylation sites is 1. The number of alkyl halides is 3. The van der Waals surface area contributed by atoms with Crippen LogP contribution < -0.4 is 16.3 Å². The van der Waals surface area contributed by atoms with E-state index in [1.807, 2.05) is 18.2 Å². The number of amidine groups is 1. The molecule has 3 N–H and O–H groups in total. The van der Waals surface area contributed by atoms with Crippen molar-refractivity contribution in [3.8, 4) is 16.9 Å². The number of halogens is 4. The number of carbonyl (C=O) groups is 1. The van der Waals surface area contributed by atoms with Gasteiger partial charge in [0.15, 0.2) is 0 Å². The Balaban J connectivity index is 1.52. The number of hydrazone groups is 1. The highest BCUT2D eigenvalue weighted by Crippen LogP contribution is 2.39. The molecule has 0 saturated heterocycles. The molecule has 2 aromatic heterocycles. The molecule has 0 saturated carbocycles. The van der Waals surface area contributed by atoms with Crippen molar-refractivity contribution in [1.82, 2.24) is 35.6 Å². The molecular formula is C24H21ClF3N9O. The maximum absolute atomic E-state index is 13.8. The summed E-state index contributed by atoms with van der Waals surface area (Å²) in [5.41, 5.74) is 5.67. The Hall–Kier alpha value is -4.36. The normalized spacial score (nSPS) is 13.7. The number of rotatable bonds is 6. The fourth-order valence-electron chi connectivity index (χ4n) is 3.94. The van der Waals surface area contributed by atoms with Crippen LogP contribution in [0, 0.1) is 0 Å². The lowest BCUT2D eigenvalue weighted by Crippen LogP contribution is -2.38. The molecule has 0 atom stereocenters. The number of nitrogens with one attached hydrogen (secondary N) is 3. The molecule has 0 radical (unpaired) electrons. The van der Waals surface area contributed by atoms with Crippen LogP contribution in [0.5, 0.6) is 0 Å². The largest absolute Gasteiger partial charge is 0.417 e. The molecule has 38 heavy (non-hydrogen) atoms. The van der Waals surface area contributed by atoms with E-state index < -0.39 is 17.6 Å². The number of aryl methyl sites for hydroxylation is 1. The van der Waals surface area contributed by atoms with E-state index in [4.69, 9.17) is 11.6 Å². The predicted molar refractivity (Wildman–Crippen MR) is 135 cm³/mol. The smallest absolute Gasteiger partial charge is 0.306 e. The van der Waals surface area contributed by atoms with Crippen molar-refractivity contribution >= 4 is 29.2 Å². The Bertz CT molecular complexity index is 1530. The van der Waals surface area contributed by atoms with Crippen LogP contribution in [0.15, 0.2) is 65.9 Å². The number of hydrazine groups is 2. The molecule has 0 bridgehead atoms. The number of nitrogens with zero attached hydrogens (tertiary/aromatic N) is 6. The van der Waals surface area contributed by atoms with Gasteiger partial charge in [0, 0.05) is 31.9 Å². The van der Waals surface area contributed by atoms with Crippen LogP contribution in [0.4, 0.5) is 19.0 Å². The van der Waals surface area contributed by atoms with Crippen LogP contribution in [0.1, 0.15) is 21.6 Å². The van der Waals surface area contributed by atoms with E-state index in [1.165, 1.54) is 21.6 Å². The van der Waals surface area contributed by atoms with Crippen molar-refractivity contribution in [2.45, 2.75) is 12.6 Å². The Labute approximate surface area is 219 Å². The van der Waals surface area contributed by atoms with Crippen molar-refractivity contribution in [2.24, 2.45) is 12.1 Å². The molecule has 0 unspecified atom stereocenters. The molecule has 10 nitrogen and oxygen atoms in total. The van der Waals surface area contributed by atoms with Crippen LogP contribution in [0.2, 0.25) is 5.02 Å². The van der Waals surface area contributed by atoms with Crippen molar-refractivity contribution in [2.75, 3.05) is 12.4 Å². The summed E-state index contributed by atoms with van der Waals surface area (Å²) in [4.78, 5) is 13.4. The molecule has 14 heteroatoms. The molecule has 4 aromatic rings. The summed E-state index contributed by atoms with van der Waals surface area (Å²) in [5.74, 6) is 0.197. The van der Waals surface area contributed by atoms with Gasteiger partial charge in [-0.1, -0.05) is 29.8 Å². The van der Waals surface area contributed by atoms with Gasteiger partial charge in [-0.05, 0) is 30.3 Å². The molecule has 0 fully saturated rings. The van der Waals surface area contributed by atoms with Gasteiger partial charge in [0.25, 0.3) is 5.91 Å². The standard InChI is InChI=1S/C24H21ClF3N9O/c1-35-9-8-20(32-35)16-12-17(19(25)13-18(16)24(26,27)28)23(38)29-22-11-14(10-21-30-34-36(2)33-21)31-37(22)15-6-4-3-5-7-15/h3-9,11-13,34H,10H2,1-2H3,(H,29,38)(H,30,33). The third-order valence-electron chi connectivity index (χ3n) is 5.63. The van der Waals surface area contributed by atoms with Gasteiger partial charge < -0.3 is 5.32 Å². The van der Waals surface area contributed by atoms with E-state index in [0.29, 0.717) is 29.5 Å². The first-order chi connectivity index (χ1) is 18.1. The van der Waals surface area contributed by atoms with Crippen LogP contribution >= 0.6 is 11.6 Å². The maximum Gasteiger partial charge on any atom is 0.417 e. The lowest BCUT2D eigenvalue weighted by molar-refractivity contribution is -0.137. The molecule has 0 spiro atoms. The van der Waals surface area contributed by atoms with Gasteiger partial charge in [0.2, 0.25) is 0 Å². The van der Waals surface area contributed by atoms with E-state index in [1.54, 1.807) is 37.4 Å². The molecular weight excluding hydrogens is 523 g/mol. The van der Waals surface area contributed by atoms with Crippen LogP contribution in [-0.4, -0.2) is 43.5 Å². The number of amides is 1. The summed E-state index contributed by atoms with van der Waals surface area (Å²) >= 11 is 6.21. The van der Waals surface area contributed by atoms with E-state index in [-0.39, 0.29) is 21.8 Å². The van der Waals surface area contributed by atoms with Gasteiger partial charge in [-0.2, -0.15) is 23.4 Å². The van der Waals surface area contributed by atoms with Crippen molar-refractivity contribution in [3.05, 3.63) is 82.6 Å². The summed E-state index contributed by atoms with van der Waals surface area (Å²) in [7, 11) is 3.33. The zero-order valence-corrected chi connectivity index (χ0v) is 20.8. The van der Waals surface area contributed by atoms with E-state index in [2.05, 4.69) is 31.6 Å². The quantitative estimate of drug-likeness (QED) is 0.339. The van der Waals surface area contributed by atoms with Crippen molar-refractivity contribution in [3.63, 3.8) is 0 Å². The van der Waals surface area contributed by atoms with Gasteiger partial charge in [0.05, 0.1) is 39.6 Å². The average molecular weight is 544 g/mol. The van der Waals surface area contributed by atoms with Gasteiger partial charge in [-0.3, -0.25) is 14.9 Å². The molecule has 0 aliphatic carbocycles. The fourth-order valence-corrected chi connectivity index (χ4v) is 4.19. The fraction of sp³-hybridized carbons (Fsp3) is 0.167. The maximum atomic E-state index is 13.8. The second-order valence-corrected chi connectivity index (χ2v) is 8.89. The Morgan fingerprint density at radius 2 is 1.84 bits per heavy atom. The van der Waals surface area contributed by atoms with Gasteiger partial charge >= 0.3 is 6.18 Å². The molecule has 1 aliphatic heterocycles. The van der Waals surface area contributed by atoms with E-state index >= 15 is 0 Å². The lowest BCUT2D eigenvalue weighted by atomic mass is 10.00. The number of hydrogen-bond donors (Lipinski definition) is 3. The first-order valence-corrected chi connectivity index (χ1v) is 11.7. The number of anilines is 1. The van der Waals surface area contributed by atoms with Gasteiger partial charge in [-0.25, -0.2) is 10.2 Å². The Morgan fingerprint density at radius 3 is 2.47 bits per heavy atom. The summed E-state index contributed by atoms with van der Waals surface area (Å²) in [6, 6.07) is 14.0. The number of aromatic nitrogens is 4. The topological polar surface area (TPSA) is 104 Å². The first kappa shape index (κ1) is 25.3. The third kappa shape index (κ3) is 5.19.